The maximum Gasteiger partial charge on any atom is 0.0444 e. The summed E-state index contributed by atoms with van der Waals surface area (Å²) in [6, 6.07) is 17.9. The molecule has 2 aromatic rings. The molecule has 0 aromatic heterocycles. The van der Waals surface area contributed by atoms with Crippen molar-refractivity contribution in [3.8, 4) is 0 Å². The van der Waals surface area contributed by atoms with Gasteiger partial charge < -0.3 is 9.80 Å². The summed E-state index contributed by atoms with van der Waals surface area (Å²) in [5, 5.41) is 0. The van der Waals surface area contributed by atoms with Crippen LogP contribution < -0.4 is 4.90 Å². The molecule has 0 unspecified atom stereocenters. The van der Waals surface area contributed by atoms with E-state index in [0.29, 0.717) is 11.8 Å². The molecule has 21 heavy (non-hydrogen) atoms. The van der Waals surface area contributed by atoms with Crippen molar-refractivity contribution >= 4 is 11.4 Å². The Hall–Kier alpha value is -1.80. The Morgan fingerprint density at radius 2 is 1.38 bits per heavy atom. The molecule has 2 heteroatoms. The first kappa shape index (κ1) is 12.9. The lowest BCUT2D eigenvalue weighted by molar-refractivity contribution is 0.228. The zero-order valence-corrected chi connectivity index (χ0v) is 12.8. The van der Waals surface area contributed by atoms with Gasteiger partial charge in [0.25, 0.3) is 0 Å². The van der Waals surface area contributed by atoms with E-state index >= 15 is 0 Å². The molecule has 4 rings (SSSR count). The molecule has 2 heterocycles. The second kappa shape index (κ2) is 4.88. The summed E-state index contributed by atoms with van der Waals surface area (Å²) >= 11 is 0. The van der Waals surface area contributed by atoms with E-state index in [2.05, 4.69) is 72.4 Å². The molecule has 2 aliphatic heterocycles. The molecule has 108 valence electrons. The molecule has 0 amide bonds. The number of fused-ring (bicyclic) bond motifs is 5. The first-order chi connectivity index (χ1) is 10.3. The predicted octanol–water partition coefficient (Wildman–Crippen LogP) is 3.97. The van der Waals surface area contributed by atoms with Gasteiger partial charge in [0.05, 0.1) is 0 Å². The third-order valence-corrected chi connectivity index (χ3v) is 5.21. The van der Waals surface area contributed by atoms with E-state index in [-0.39, 0.29) is 0 Å². The van der Waals surface area contributed by atoms with Crippen LogP contribution in [0.1, 0.15) is 29.4 Å². The third-order valence-electron chi connectivity index (χ3n) is 5.21. The number of likely N-dealkylation sites (tertiary alicyclic amines) is 1. The van der Waals surface area contributed by atoms with Gasteiger partial charge in [-0.1, -0.05) is 36.4 Å². The summed E-state index contributed by atoms with van der Waals surface area (Å²) in [6.45, 7) is 2.35. The van der Waals surface area contributed by atoms with Crippen LogP contribution in [0.2, 0.25) is 0 Å². The van der Waals surface area contributed by atoms with Gasteiger partial charge in [0, 0.05) is 30.9 Å². The fraction of sp³-hybridized carbons (Fsp3) is 0.368. The molecule has 2 aliphatic rings. The maximum absolute atomic E-state index is 2.48. The second-order valence-corrected chi connectivity index (χ2v) is 6.44. The summed E-state index contributed by atoms with van der Waals surface area (Å²) in [6.07, 6.45) is 1.25. The standard InChI is InChI=1S/C19H22N2/c1-20-12-11-14-15-7-3-5-9-18(15)21(2)19-10-6-4-8-16(19)17(14)13-20/h3-10,14,17H,11-13H2,1-2H3/t14-,17+/m1/s1. The number of benzene rings is 2. The third kappa shape index (κ3) is 1.97. The number of hydrogen-bond acceptors (Lipinski definition) is 2. The van der Waals surface area contributed by atoms with Crippen LogP contribution in [0.3, 0.4) is 0 Å². The van der Waals surface area contributed by atoms with E-state index in [0.717, 1.165) is 6.54 Å². The minimum absolute atomic E-state index is 0.603. The molecule has 1 fully saturated rings. The van der Waals surface area contributed by atoms with Gasteiger partial charge in [-0.3, -0.25) is 0 Å². The predicted molar refractivity (Wildman–Crippen MR) is 88.5 cm³/mol. The molecule has 2 atom stereocenters. The number of anilines is 2. The Labute approximate surface area is 127 Å². The van der Waals surface area contributed by atoms with Crippen molar-refractivity contribution in [3.63, 3.8) is 0 Å². The van der Waals surface area contributed by atoms with Crippen molar-refractivity contribution in [1.82, 2.24) is 4.90 Å². The SMILES string of the molecule is CN1CC[C@@H]2c3ccccc3N(C)c3ccccc3[C@H]2C1. The zero-order valence-electron chi connectivity index (χ0n) is 12.8. The van der Waals surface area contributed by atoms with E-state index in [9.17, 15) is 0 Å². The van der Waals surface area contributed by atoms with Crippen LogP contribution in [0.5, 0.6) is 0 Å². The first-order valence-corrected chi connectivity index (χ1v) is 7.86. The highest BCUT2D eigenvalue weighted by Gasteiger charge is 2.36. The van der Waals surface area contributed by atoms with Crippen molar-refractivity contribution < 1.29 is 0 Å². The highest BCUT2D eigenvalue weighted by molar-refractivity contribution is 5.72. The summed E-state index contributed by atoms with van der Waals surface area (Å²) in [4.78, 5) is 4.86. The average Bonchev–Trinajstić information content (AvgIpc) is 2.63. The second-order valence-electron chi connectivity index (χ2n) is 6.44. The topological polar surface area (TPSA) is 6.48 Å². The molecule has 0 aliphatic carbocycles. The Bertz CT molecular complexity index is 664. The molecule has 0 N–H and O–H groups in total. The Morgan fingerprint density at radius 1 is 0.810 bits per heavy atom. The largest absolute Gasteiger partial charge is 0.344 e. The zero-order chi connectivity index (χ0) is 14.4. The number of rotatable bonds is 0. The Morgan fingerprint density at radius 3 is 2.05 bits per heavy atom. The molecule has 0 radical (unpaired) electrons. The summed E-state index contributed by atoms with van der Waals surface area (Å²) in [5.41, 5.74) is 5.77. The van der Waals surface area contributed by atoms with Crippen molar-refractivity contribution in [2.24, 2.45) is 0 Å². The number of para-hydroxylation sites is 2. The molecule has 0 saturated carbocycles. The summed E-state index contributed by atoms with van der Waals surface area (Å²) in [5.74, 6) is 1.24. The molecule has 2 aromatic carbocycles. The minimum Gasteiger partial charge on any atom is -0.344 e. The van der Waals surface area contributed by atoms with Gasteiger partial charge in [-0.15, -0.1) is 0 Å². The molecule has 2 nitrogen and oxygen atoms in total. The quantitative estimate of drug-likeness (QED) is 0.719. The number of piperidine rings is 1. The monoisotopic (exact) mass is 278 g/mol. The van der Waals surface area contributed by atoms with Crippen LogP contribution in [0, 0.1) is 0 Å². The van der Waals surface area contributed by atoms with E-state index in [1.54, 1.807) is 0 Å². The minimum atomic E-state index is 0.603. The Kier molecular flexibility index (Phi) is 3.00. The average molecular weight is 278 g/mol. The van der Waals surface area contributed by atoms with Crippen molar-refractivity contribution in [2.75, 3.05) is 32.1 Å². The highest BCUT2D eigenvalue weighted by Crippen LogP contribution is 2.49. The van der Waals surface area contributed by atoms with Crippen molar-refractivity contribution in [3.05, 3.63) is 59.7 Å². The smallest absolute Gasteiger partial charge is 0.0444 e. The molecule has 0 bridgehead atoms. The molecular formula is C19H22N2. The van der Waals surface area contributed by atoms with E-state index in [1.165, 1.54) is 35.5 Å². The van der Waals surface area contributed by atoms with Crippen LogP contribution in [0.4, 0.5) is 11.4 Å². The van der Waals surface area contributed by atoms with Gasteiger partial charge in [0.15, 0.2) is 0 Å². The summed E-state index contributed by atoms with van der Waals surface area (Å²) in [7, 11) is 4.46. The van der Waals surface area contributed by atoms with Crippen molar-refractivity contribution in [1.29, 1.82) is 0 Å². The van der Waals surface area contributed by atoms with Gasteiger partial charge in [0.2, 0.25) is 0 Å². The lowest BCUT2D eigenvalue weighted by atomic mass is 9.77. The van der Waals surface area contributed by atoms with Crippen LogP contribution >= 0.6 is 0 Å². The maximum atomic E-state index is 2.48. The van der Waals surface area contributed by atoms with Crippen LogP contribution in [0.15, 0.2) is 48.5 Å². The van der Waals surface area contributed by atoms with Gasteiger partial charge in [-0.2, -0.15) is 0 Å². The molecule has 1 saturated heterocycles. The lowest BCUT2D eigenvalue weighted by Crippen LogP contribution is -2.35. The normalized spacial score (nSPS) is 24.8. The molecule has 0 spiro atoms. The van der Waals surface area contributed by atoms with Gasteiger partial charge >= 0.3 is 0 Å². The van der Waals surface area contributed by atoms with Crippen molar-refractivity contribution in [2.45, 2.75) is 18.3 Å². The Balaban J connectivity index is 1.95. The first-order valence-electron chi connectivity index (χ1n) is 7.86. The van der Waals surface area contributed by atoms with Crippen LogP contribution in [-0.4, -0.2) is 32.1 Å². The fourth-order valence-corrected chi connectivity index (χ4v) is 4.15. The number of likely N-dealkylation sites (N-methyl/N-ethyl adjacent to an activating group) is 1. The van der Waals surface area contributed by atoms with Gasteiger partial charge in [-0.05, 0) is 49.2 Å². The van der Waals surface area contributed by atoms with Gasteiger partial charge in [-0.25, -0.2) is 0 Å². The summed E-state index contributed by atoms with van der Waals surface area (Å²) < 4.78 is 0. The van der Waals surface area contributed by atoms with E-state index < -0.39 is 0 Å². The highest BCUT2D eigenvalue weighted by atomic mass is 15.1. The lowest BCUT2D eigenvalue weighted by Gasteiger charge is -2.37. The fourth-order valence-electron chi connectivity index (χ4n) is 4.15. The van der Waals surface area contributed by atoms with E-state index in [1.807, 2.05) is 0 Å². The number of hydrogen-bond donors (Lipinski definition) is 0. The van der Waals surface area contributed by atoms with E-state index in [4.69, 9.17) is 0 Å². The van der Waals surface area contributed by atoms with Crippen LogP contribution in [-0.2, 0) is 0 Å². The van der Waals surface area contributed by atoms with Gasteiger partial charge in [0.1, 0.15) is 0 Å². The molecular weight excluding hydrogens is 256 g/mol. The number of nitrogens with zero attached hydrogens (tertiary/aromatic N) is 2. The van der Waals surface area contributed by atoms with Crippen LogP contribution in [0.25, 0.3) is 0 Å².